The topological polar surface area (TPSA) is 96.0 Å². The van der Waals surface area contributed by atoms with Gasteiger partial charge in [0.1, 0.15) is 19.0 Å². The molecule has 1 atom stereocenters. The zero-order valence-electron chi connectivity index (χ0n) is 18.1. The number of nitrogens with zero attached hydrogens (tertiary/aromatic N) is 2. The zero-order chi connectivity index (χ0) is 23.7. The number of ether oxygens (including phenoxy) is 1. The van der Waals surface area contributed by atoms with Crippen LogP contribution in [0.4, 0.5) is 5.69 Å². The molecule has 0 saturated heterocycles. The van der Waals surface area contributed by atoms with E-state index in [1.165, 1.54) is 4.90 Å². The van der Waals surface area contributed by atoms with Gasteiger partial charge in [0.15, 0.2) is 5.78 Å². The number of carbonyl (C=O) groups excluding carboxylic acids is 4. The van der Waals surface area contributed by atoms with Crippen LogP contribution in [0.2, 0.25) is 0 Å². The molecule has 0 aliphatic carbocycles. The van der Waals surface area contributed by atoms with Gasteiger partial charge in [-0.3, -0.25) is 29.4 Å². The van der Waals surface area contributed by atoms with Gasteiger partial charge in [-0.05, 0) is 30.3 Å². The van der Waals surface area contributed by atoms with E-state index in [9.17, 15) is 19.2 Å². The van der Waals surface area contributed by atoms with E-state index in [2.05, 4.69) is 5.32 Å². The molecule has 5 rings (SSSR count). The van der Waals surface area contributed by atoms with Crippen LogP contribution < -0.4 is 15.0 Å². The Balaban J connectivity index is 1.39. The van der Waals surface area contributed by atoms with Crippen molar-refractivity contribution in [1.29, 1.82) is 0 Å². The van der Waals surface area contributed by atoms with Crippen LogP contribution in [0.25, 0.3) is 0 Å². The minimum Gasteiger partial charge on any atom is -0.478 e. The summed E-state index contributed by atoms with van der Waals surface area (Å²) in [5, 5.41) is 3.04. The molecule has 0 saturated carbocycles. The summed E-state index contributed by atoms with van der Waals surface area (Å²) in [5.41, 5.74) is 1.73. The molecule has 8 nitrogen and oxygen atoms in total. The van der Waals surface area contributed by atoms with Crippen molar-refractivity contribution in [2.75, 3.05) is 24.7 Å². The van der Waals surface area contributed by atoms with Crippen LogP contribution in [0, 0.1) is 0 Å². The second-order valence-electron chi connectivity index (χ2n) is 7.99. The third-order valence-corrected chi connectivity index (χ3v) is 5.92. The number of nitrogens with one attached hydrogen (secondary N) is 1. The summed E-state index contributed by atoms with van der Waals surface area (Å²) in [6.07, 6.45) is 0. The van der Waals surface area contributed by atoms with Crippen molar-refractivity contribution in [1.82, 2.24) is 10.2 Å². The molecule has 3 amide bonds. The lowest BCUT2D eigenvalue weighted by molar-refractivity contribution is -0.124. The highest BCUT2D eigenvalue weighted by Gasteiger charge is 2.38. The Morgan fingerprint density at radius 3 is 2.21 bits per heavy atom. The van der Waals surface area contributed by atoms with Crippen molar-refractivity contribution in [3.8, 4) is 5.75 Å². The van der Waals surface area contributed by atoms with Crippen LogP contribution in [-0.2, 0) is 9.59 Å². The number of carbonyl (C=O) groups is 4. The number of benzene rings is 3. The molecule has 0 aromatic heterocycles. The minimum atomic E-state index is -0.650. The first-order valence-corrected chi connectivity index (χ1v) is 10.8. The summed E-state index contributed by atoms with van der Waals surface area (Å²) in [7, 11) is 0. The van der Waals surface area contributed by atoms with Crippen LogP contribution in [-0.4, -0.2) is 48.2 Å². The molecule has 2 aliphatic heterocycles. The number of ketones is 1. The number of hydrogen-bond donors (Lipinski definition) is 1. The lowest BCUT2D eigenvalue weighted by Gasteiger charge is -2.29. The number of amides is 3. The minimum absolute atomic E-state index is 0.168. The Labute approximate surface area is 195 Å². The molecule has 0 bridgehead atoms. The molecule has 170 valence electrons. The summed E-state index contributed by atoms with van der Waals surface area (Å²) in [6.45, 7) is -0.536. The molecule has 2 aliphatic rings. The predicted octanol–water partition coefficient (Wildman–Crippen LogP) is 2.57. The molecule has 0 spiro atoms. The Kier molecular flexibility index (Phi) is 5.65. The van der Waals surface area contributed by atoms with Gasteiger partial charge in [-0.25, -0.2) is 0 Å². The molecule has 2 heterocycles. The monoisotopic (exact) mass is 455 g/mol. The number of imide groups is 1. The van der Waals surface area contributed by atoms with Gasteiger partial charge < -0.3 is 9.64 Å². The van der Waals surface area contributed by atoms with Gasteiger partial charge in [-0.2, -0.15) is 0 Å². The SMILES string of the molecule is O=C(CN(C(=O)CN1C(=O)c2ccccc2C1=O)c1ccccc1)C1NCOc2ccccc21. The van der Waals surface area contributed by atoms with E-state index in [0.29, 0.717) is 17.0 Å². The third kappa shape index (κ3) is 3.84. The predicted molar refractivity (Wildman–Crippen MR) is 123 cm³/mol. The maximum atomic E-state index is 13.4. The van der Waals surface area contributed by atoms with E-state index >= 15 is 0 Å². The quantitative estimate of drug-likeness (QED) is 0.574. The first-order chi connectivity index (χ1) is 16.5. The highest BCUT2D eigenvalue weighted by Crippen LogP contribution is 2.29. The third-order valence-electron chi connectivity index (χ3n) is 5.92. The first kappa shape index (κ1) is 21.5. The van der Waals surface area contributed by atoms with Gasteiger partial charge in [0.05, 0.1) is 23.7 Å². The number of para-hydroxylation sites is 2. The first-order valence-electron chi connectivity index (χ1n) is 10.8. The molecule has 0 radical (unpaired) electrons. The molecule has 1 unspecified atom stereocenters. The number of Topliss-reactive ketones (excluding diaryl/α,β-unsaturated/α-hetero) is 1. The second-order valence-corrected chi connectivity index (χ2v) is 7.99. The molecule has 8 heteroatoms. The fourth-order valence-electron chi connectivity index (χ4n) is 4.23. The van der Waals surface area contributed by atoms with E-state index in [1.54, 1.807) is 66.7 Å². The van der Waals surface area contributed by atoms with Gasteiger partial charge in [0.25, 0.3) is 11.8 Å². The van der Waals surface area contributed by atoms with Gasteiger partial charge in [-0.15, -0.1) is 0 Å². The summed E-state index contributed by atoms with van der Waals surface area (Å²) < 4.78 is 5.56. The molecular weight excluding hydrogens is 434 g/mol. The van der Waals surface area contributed by atoms with Crippen LogP contribution in [0.15, 0.2) is 78.9 Å². The number of anilines is 1. The molecular formula is C26H21N3O5. The maximum Gasteiger partial charge on any atom is 0.262 e. The van der Waals surface area contributed by atoms with Crippen LogP contribution in [0.1, 0.15) is 32.3 Å². The van der Waals surface area contributed by atoms with Crippen LogP contribution >= 0.6 is 0 Å². The van der Waals surface area contributed by atoms with E-state index in [4.69, 9.17) is 4.74 Å². The summed E-state index contributed by atoms with van der Waals surface area (Å²) in [4.78, 5) is 54.5. The molecule has 34 heavy (non-hydrogen) atoms. The smallest absolute Gasteiger partial charge is 0.262 e. The molecule has 1 N–H and O–H groups in total. The van der Waals surface area contributed by atoms with Crippen molar-refractivity contribution >= 4 is 29.2 Å². The zero-order valence-corrected chi connectivity index (χ0v) is 18.1. The van der Waals surface area contributed by atoms with Gasteiger partial charge in [-0.1, -0.05) is 48.5 Å². The highest BCUT2D eigenvalue weighted by atomic mass is 16.5. The van der Waals surface area contributed by atoms with Crippen molar-refractivity contribution in [2.45, 2.75) is 6.04 Å². The van der Waals surface area contributed by atoms with E-state index in [0.717, 1.165) is 4.90 Å². The van der Waals surface area contributed by atoms with E-state index < -0.39 is 30.3 Å². The average Bonchev–Trinajstić information content (AvgIpc) is 3.12. The fraction of sp³-hybridized carbons (Fsp3) is 0.154. The second kappa shape index (κ2) is 8.92. The number of fused-ring (bicyclic) bond motifs is 2. The van der Waals surface area contributed by atoms with E-state index in [-0.39, 0.29) is 30.2 Å². The van der Waals surface area contributed by atoms with Crippen molar-refractivity contribution in [3.63, 3.8) is 0 Å². The van der Waals surface area contributed by atoms with E-state index in [1.807, 2.05) is 12.1 Å². The number of hydrogen-bond acceptors (Lipinski definition) is 6. The summed E-state index contributed by atoms with van der Waals surface area (Å²) in [6, 6.07) is 21.8. The van der Waals surface area contributed by atoms with Crippen molar-refractivity contribution < 1.29 is 23.9 Å². The Morgan fingerprint density at radius 2 is 1.50 bits per heavy atom. The largest absolute Gasteiger partial charge is 0.478 e. The van der Waals surface area contributed by atoms with Crippen LogP contribution in [0.3, 0.4) is 0 Å². The lowest BCUT2D eigenvalue weighted by Crippen LogP contribution is -2.47. The normalized spacial score (nSPS) is 16.5. The van der Waals surface area contributed by atoms with Gasteiger partial charge in [0.2, 0.25) is 5.91 Å². The molecule has 0 fully saturated rings. The standard InChI is InChI=1S/C26H21N3O5/c30-21(24-20-12-6-7-13-22(20)34-16-27-24)14-28(17-8-2-1-3-9-17)23(31)15-29-25(32)18-10-4-5-11-19(18)26(29)33/h1-13,24,27H,14-16H2. The van der Waals surface area contributed by atoms with Crippen molar-refractivity contribution in [3.05, 3.63) is 95.6 Å². The summed E-state index contributed by atoms with van der Waals surface area (Å²) >= 11 is 0. The Morgan fingerprint density at radius 1 is 0.882 bits per heavy atom. The maximum absolute atomic E-state index is 13.4. The average molecular weight is 455 g/mol. The van der Waals surface area contributed by atoms with Crippen LogP contribution in [0.5, 0.6) is 5.75 Å². The van der Waals surface area contributed by atoms with Gasteiger partial charge >= 0.3 is 0 Å². The Bertz CT molecular complexity index is 1260. The lowest BCUT2D eigenvalue weighted by atomic mass is 10.00. The van der Waals surface area contributed by atoms with Crippen molar-refractivity contribution in [2.24, 2.45) is 0 Å². The molecule has 3 aromatic rings. The summed E-state index contributed by atoms with van der Waals surface area (Å²) in [5.74, 6) is -1.20. The Hall–Kier alpha value is -4.30. The fourth-order valence-corrected chi connectivity index (χ4v) is 4.23. The molecule has 3 aromatic carbocycles. The van der Waals surface area contributed by atoms with Gasteiger partial charge in [0, 0.05) is 11.3 Å². The highest BCUT2D eigenvalue weighted by molar-refractivity contribution is 6.23. The number of rotatable bonds is 6.